The Morgan fingerprint density at radius 3 is 2.82 bits per heavy atom. The van der Waals surface area contributed by atoms with E-state index < -0.39 is 0 Å². The molecule has 11 heavy (non-hydrogen) atoms. The van der Waals surface area contributed by atoms with Gasteiger partial charge in [0, 0.05) is 0 Å². The van der Waals surface area contributed by atoms with E-state index >= 15 is 0 Å². The van der Waals surface area contributed by atoms with Crippen LogP contribution in [0.5, 0.6) is 0 Å². The highest BCUT2D eigenvalue weighted by atomic mass is 13.9. The highest BCUT2D eigenvalue weighted by Gasteiger charge is 1.82. The zero-order chi connectivity index (χ0) is 7.78. The van der Waals surface area contributed by atoms with E-state index in [4.69, 9.17) is 0 Å². The van der Waals surface area contributed by atoms with Crippen molar-refractivity contribution in [1.82, 2.24) is 0 Å². The molecule has 0 N–H and O–H groups in total. The van der Waals surface area contributed by atoms with Crippen molar-refractivity contribution in [3.63, 3.8) is 0 Å². The van der Waals surface area contributed by atoms with Crippen molar-refractivity contribution in [1.29, 1.82) is 0 Å². The molecule has 0 saturated carbocycles. The van der Waals surface area contributed by atoms with Gasteiger partial charge in [0.05, 0.1) is 0 Å². The fourth-order valence-corrected chi connectivity index (χ4v) is 1.01. The van der Waals surface area contributed by atoms with E-state index in [0.29, 0.717) is 0 Å². The molecule has 0 amide bonds. The molecule has 0 nitrogen and oxygen atoms in total. The van der Waals surface area contributed by atoms with Crippen molar-refractivity contribution < 1.29 is 0 Å². The van der Waals surface area contributed by atoms with Crippen LogP contribution in [0, 0.1) is 0 Å². The summed E-state index contributed by atoms with van der Waals surface area (Å²) in [4.78, 5) is 0. The largest absolute Gasteiger partial charge is 0.125 e. The highest BCUT2D eigenvalue weighted by Crippen LogP contribution is 2.01. The van der Waals surface area contributed by atoms with Gasteiger partial charge in [-0.25, -0.2) is 0 Å². The maximum Gasteiger partial charge on any atom is -0.0203 e. The van der Waals surface area contributed by atoms with Gasteiger partial charge in [-0.3, -0.25) is 0 Å². The minimum absolute atomic E-state index is 1.16. The first-order chi connectivity index (χ1) is 5.50. The fraction of sp³-hybridized carbons (Fsp3) is 0.364. The highest BCUT2D eigenvalue weighted by molar-refractivity contribution is 5.11. The third-order valence-electron chi connectivity index (χ3n) is 1.64. The lowest BCUT2D eigenvalue weighted by atomic mass is 10.2. The van der Waals surface area contributed by atoms with E-state index in [1.54, 1.807) is 0 Å². The van der Waals surface area contributed by atoms with Gasteiger partial charge in [0.25, 0.3) is 0 Å². The van der Waals surface area contributed by atoms with Crippen LogP contribution < -0.4 is 0 Å². The van der Waals surface area contributed by atoms with Crippen LogP contribution in [0.25, 0.3) is 0 Å². The minimum Gasteiger partial charge on any atom is -0.125 e. The molecule has 0 radical (unpaired) electrons. The monoisotopic (exact) mass is 146 g/mol. The normalized spacial score (nSPS) is 24.0. The van der Waals surface area contributed by atoms with Gasteiger partial charge in [0.15, 0.2) is 0 Å². The van der Waals surface area contributed by atoms with Crippen LogP contribution in [-0.2, 0) is 0 Å². The van der Waals surface area contributed by atoms with Gasteiger partial charge in [-0.1, -0.05) is 24.3 Å². The van der Waals surface area contributed by atoms with Crippen LogP contribution in [0.1, 0.15) is 25.7 Å². The van der Waals surface area contributed by atoms with Gasteiger partial charge in [0.2, 0.25) is 0 Å². The topological polar surface area (TPSA) is 0 Å². The Labute approximate surface area is 68.6 Å². The smallest absolute Gasteiger partial charge is 0.0203 e. The molecule has 0 spiro atoms. The fourth-order valence-electron chi connectivity index (χ4n) is 1.01. The van der Waals surface area contributed by atoms with Crippen molar-refractivity contribution in [2.45, 2.75) is 25.7 Å². The third-order valence-corrected chi connectivity index (χ3v) is 1.64. The quantitative estimate of drug-likeness (QED) is 0.459. The number of rotatable bonds is 0. The lowest BCUT2D eigenvalue weighted by Crippen LogP contribution is -1.70. The van der Waals surface area contributed by atoms with Gasteiger partial charge < -0.3 is 0 Å². The van der Waals surface area contributed by atoms with Crippen molar-refractivity contribution >= 4 is 0 Å². The molecular weight excluding hydrogens is 132 g/mol. The van der Waals surface area contributed by atoms with Gasteiger partial charge >= 0.3 is 0 Å². The molecule has 1 aliphatic carbocycles. The van der Waals surface area contributed by atoms with Crippen LogP contribution in [0.15, 0.2) is 42.2 Å². The van der Waals surface area contributed by atoms with E-state index in [1.807, 2.05) is 18.2 Å². The second-order valence-electron chi connectivity index (χ2n) is 2.63. The molecule has 0 aromatic carbocycles. The van der Waals surface area contributed by atoms with Crippen LogP contribution in [0.3, 0.4) is 0 Å². The first-order valence-corrected chi connectivity index (χ1v) is 4.23. The maximum absolute atomic E-state index is 3.11. The van der Waals surface area contributed by atoms with Crippen LogP contribution in [0.4, 0.5) is 0 Å². The second-order valence-corrected chi connectivity index (χ2v) is 2.63. The Bertz CT molecular complexity index is 200. The second kappa shape index (κ2) is 5.76. The molecule has 0 fully saturated rings. The molecule has 0 heterocycles. The Morgan fingerprint density at radius 1 is 0.909 bits per heavy atom. The Hall–Kier alpha value is -1.00. The average molecular weight is 146 g/mol. The van der Waals surface area contributed by atoms with Crippen LogP contribution in [-0.4, -0.2) is 0 Å². The van der Waals surface area contributed by atoms with Crippen molar-refractivity contribution in [2.24, 2.45) is 0 Å². The van der Waals surface area contributed by atoms with E-state index in [1.165, 1.54) is 19.3 Å². The van der Waals surface area contributed by atoms with Crippen molar-refractivity contribution in [3.8, 4) is 0 Å². The number of hydrogen-bond donors (Lipinski definition) is 0. The maximum atomic E-state index is 3.11. The zero-order valence-corrected chi connectivity index (χ0v) is 6.79. The van der Waals surface area contributed by atoms with Crippen LogP contribution in [0.2, 0.25) is 0 Å². The van der Waals surface area contributed by atoms with E-state index in [2.05, 4.69) is 24.0 Å². The Kier molecular flexibility index (Phi) is 4.24. The summed E-state index contributed by atoms with van der Waals surface area (Å²) in [6, 6.07) is 0. The van der Waals surface area contributed by atoms with Gasteiger partial charge in [-0.15, -0.1) is 5.73 Å². The van der Waals surface area contributed by atoms with Gasteiger partial charge in [-0.2, -0.15) is 0 Å². The predicted octanol–water partition coefficient (Wildman–Crippen LogP) is 3.38. The lowest BCUT2D eigenvalue weighted by molar-refractivity contribution is 0.763. The molecule has 58 valence electrons. The van der Waals surface area contributed by atoms with E-state index in [0.717, 1.165) is 6.42 Å². The lowest BCUT2D eigenvalue weighted by Gasteiger charge is -1.89. The summed E-state index contributed by atoms with van der Waals surface area (Å²) in [7, 11) is 0. The summed E-state index contributed by atoms with van der Waals surface area (Å²) in [5.41, 5.74) is 3.11. The summed E-state index contributed by atoms with van der Waals surface area (Å²) in [5, 5.41) is 0. The Morgan fingerprint density at radius 2 is 1.82 bits per heavy atom. The average Bonchev–Trinajstić information content (AvgIpc) is 2.08. The standard InChI is InChI=1S/C11H14/c1-2-4-6-8-10-11-9-7-5-3-1/h1-5,9H,6,8,10-11H2/b3-1-,4-2+. The molecular formula is C11H14. The summed E-state index contributed by atoms with van der Waals surface area (Å²) in [6.45, 7) is 0. The number of hydrogen-bond acceptors (Lipinski definition) is 0. The van der Waals surface area contributed by atoms with E-state index in [-0.39, 0.29) is 0 Å². The zero-order valence-electron chi connectivity index (χ0n) is 6.79. The molecule has 0 atom stereocenters. The molecule has 0 bridgehead atoms. The molecule has 0 aromatic rings. The summed E-state index contributed by atoms with van der Waals surface area (Å²) < 4.78 is 0. The summed E-state index contributed by atoms with van der Waals surface area (Å²) in [5.74, 6) is 0. The summed E-state index contributed by atoms with van der Waals surface area (Å²) in [6.07, 6.45) is 17.4. The molecule has 0 aliphatic heterocycles. The minimum atomic E-state index is 1.16. The molecule has 1 aliphatic rings. The van der Waals surface area contributed by atoms with Crippen LogP contribution >= 0.6 is 0 Å². The first kappa shape index (κ1) is 8.10. The molecule has 0 heteroatoms. The summed E-state index contributed by atoms with van der Waals surface area (Å²) >= 11 is 0. The predicted molar refractivity (Wildman–Crippen MR) is 49.4 cm³/mol. The molecule has 0 saturated heterocycles. The molecule has 1 rings (SSSR count). The molecule has 0 unspecified atom stereocenters. The van der Waals surface area contributed by atoms with Gasteiger partial charge in [-0.05, 0) is 37.8 Å². The van der Waals surface area contributed by atoms with Crippen molar-refractivity contribution in [2.75, 3.05) is 0 Å². The van der Waals surface area contributed by atoms with Gasteiger partial charge in [0.1, 0.15) is 0 Å². The van der Waals surface area contributed by atoms with E-state index in [9.17, 15) is 0 Å². The Balaban J connectivity index is 2.49. The number of allylic oxidation sites excluding steroid dienone is 5. The first-order valence-electron chi connectivity index (χ1n) is 4.23. The molecule has 0 aromatic heterocycles. The SMILES string of the molecule is C1=C/C=C\C=C\CCCCC=1. The van der Waals surface area contributed by atoms with Crippen molar-refractivity contribution in [3.05, 3.63) is 42.2 Å². The third kappa shape index (κ3) is 4.41.